The highest BCUT2D eigenvalue weighted by atomic mass is 35.5. The SMILES string of the molecule is CC1CCCCN1CCCCNC(=O)C1CCCC(N)C1.Cl.Cl. The Hall–Kier alpha value is -0.0300. The average Bonchev–Trinajstić information content (AvgIpc) is 2.48. The number of nitrogens with two attached hydrogens (primary N) is 1. The summed E-state index contributed by atoms with van der Waals surface area (Å²) in [5, 5.41) is 3.11. The zero-order valence-corrected chi connectivity index (χ0v) is 16.1. The number of rotatable bonds is 6. The van der Waals surface area contributed by atoms with E-state index in [2.05, 4.69) is 17.1 Å². The van der Waals surface area contributed by atoms with E-state index in [0.717, 1.165) is 44.7 Å². The predicted molar refractivity (Wildman–Crippen MR) is 102 cm³/mol. The van der Waals surface area contributed by atoms with Gasteiger partial charge in [0.2, 0.25) is 5.91 Å². The minimum Gasteiger partial charge on any atom is -0.356 e. The van der Waals surface area contributed by atoms with Crippen molar-refractivity contribution in [3.8, 4) is 0 Å². The Labute approximate surface area is 154 Å². The molecule has 0 spiro atoms. The molecule has 1 aliphatic heterocycles. The molecule has 0 aromatic carbocycles. The van der Waals surface area contributed by atoms with Gasteiger partial charge in [0.05, 0.1) is 0 Å². The van der Waals surface area contributed by atoms with Crippen LogP contribution in [0.2, 0.25) is 0 Å². The lowest BCUT2D eigenvalue weighted by Crippen LogP contribution is -2.39. The summed E-state index contributed by atoms with van der Waals surface area (Å²) in [5.74, 6) is 0.396. The number of halogens is 2. The lowest BCUT2D eigenvalue weighted by Gasteiger charge is -2.33. The number of piperidine rings is 1. The van der Waals surface area contributed by atoms with E-state index in [1.54, 1.807) is 0 Å². The minimum absolute atomic E-state index is 0. The fourth-order valence-electron chi connectivity index (χ4n) is 3.75. The van der Waals surface area contributed by atoms with E-state index < -0.39 is 0 Å². The van der Waals surface area contributed by atoms with Crippen LogP contribution < -0.4 is 11.1 Å². The van der Waals surface area contributed by atoms with Crippen molar-refractivity contribution >= 4 is 30.7 Å². The van der Waals surface area contributed by atoms with Crippen LogP contribution in [0.1, 0.15) is 64.7 Å². The molecule has 3 unspecified atom stereocenters. The molecule has 1 amide bonds. The molecular weight excluding hydrogens is 333 g/mol. The second kappa shape index (κ2) is 12.3. The summed E-state index contributed by atoms with van der Waals surface area (Å²) in [6.07, 6.45) is 10.4. The summed E-state index contributed by atoms with van der Waals surface area (Å²) in [5.41, 5.74) is 5.95. The van der Waals surface area contributed by atoms with Gasteiger partial charge in [-0.1, -0.05) is 12.8 Å². The van der Waals surface area contributed by atoms with Crippen molar-refractivity contribution in [3.63, 3.8) is 0 Å². The van der Waals surface area contributed by atoms with Crippen molar-refractivity contribution in [3.05, 3.63) is 0 Å². The normalized spacial score (nSPS) is 28.3. The first-order valence-electron chi connectivity index (χ1n) is 8.94. The van der Waals surface area contributed by atoms with Gasteiger partial charge in [0.25, 0.3) is 0 Å². The quantitative estimate of drug-likeness (QED) is 0.709. The number of hydrogen-bond acceptors (Lipinski definition) is 3. The smallest absolute Gasteiger partial charge is 0.223 e. The zero-order chi connectivity index (χ0) is 15.1. The van der Waals surface area contributed by atoms with Crippen LogP contribution in [0.5, 0.6) is 0 Å². The highest BCUT2D eigenvalue weighted by molar-refractivity contribution is 5.85. The third kappa shape index (κ3) is 8.06. The first kappa shape index (κ1) is 23.0. The van der Waals surface area contributed by atoms with Crippen molar-refractivity contribution in [1.29, 1.82) is 0 Å². The number of hydrogen-bond donors (Lipinski definition) is 2. The van der Waals surface area contributed by atoms with Crippen molar-refractivity contribution < 1.29 is 4.79 Å². The highest BCUT2D eigenvalue weighted by Gasteiger charge is 2.24. The van der Waals surface area contributed by atoms with E-state index in [4.69, 9.17) is 5.73 Å². The Kier molecular flexibility index (Phi) is 12.3. The summed E-state index contributed by atoms with van der Waals surface area (Å²) in [6.45, 7) is 5.61. The van der Waals surface area contributed by atoms with Gasteiger partial charge in [0, 0.05) is 24.5 Å². The number of nitrogens with one attached hydrogen (secondary N) is 1. The molecule has 3 N–H and O–H groups in total. The fourth-order valence-corrected chi connectivity index (χ4v) is 3.75. The molecule has 0 aromatic heterocycles. The van der Waals surface area contributed by atoms with Gasteiger partial charge < -0.3 is 16.0 Å². The van der Waals surface area contributed by atoms with Crippen LogP contribution in [-0.2, 0) is 4.79 Å². The molecule has 2 aliphatic rings. The monoisotopic (exact) mass is 367 g/mol. The Morgan fingerprint density at radius 2 is 1.91 bits per heavy atom. The van der Waals surface area contributed by atoms with Crippen molar-refractivity contribution in [2.45, 2.75) is 76.8 Å². The van der Waals surface area contributed by atoms with Crippen LogP contribution in [-0.4, -0.2) is 42.5 Å². The molecule has 2 rings (SSSR count). The van der Waals surface area contributed by atoms with Gasteiger partial charge in [-0.05, 0) is 65.0 Å². The number of carbonyl (C=O) groups excluding carboxylic acids is 1. The topological polar surface area (TPSA) is 58.4 Å². The lowest BCUT2D eigenvalue weighted by molar-refractivity contribution is -0.126. The van der Waals surface area contributed by atoms with E-state index in [1.807, 2.05) is 0 Å². The van der Waals surface area contributed by atoms with Gasteiger partial charge in [-0.25, -0.2) is 0 Å². The van der Waals surface area contributed by atoms with Crippen LogP contribution in [0.4, 0.5) is 0 Å². The third-order valence-corrected chi connectivity index (χ3v) is 5.20. The molecule has 1 saturated heterocycles. The first-order chi connectivity index (χ1) is 10.2. The van der Waals surface area contributed by atoms with Gasteiger partial charge >= 0.3 is 0 Å². The van der Waals surface area contributed by atoms with E-state index in [0.29, 0.717) is 0 Å². The number of carbonyl (C=O) groups is 1. The zero-order valence-electron chi connectivity index (χ0n) is 14.5. The lowest BCUT2D eigenvalue weighted by atomic mass is 9.85. The van der Waals surface area contributed by atoms with E-state index in [1.165, 1.54) is 38.8 Å². The number of likely N-dealkylation sites (tertiary alicyclic amines) is 1. The molecule has 1 saturated carbocycles. The molecule has 6 heteroatoms. The predicted octanol–water partition coefficient (Wildman–Crippen LogP) is 3.12. The first-order valence-corrected chi connectivity index (χ1v) is 8.94. The fraction of sp³-hybridized carbons (Fsp3) is 0.941. The largest absolute Gasteiger partial charge is 0.356 e. The summed E-state index contributed by atoms with van der Waals surface area (Å²) >= 11 is 0. The molecule has 4 nitrogen and oxygen atoms in total. The van der Waals surface area contributed by atoms with Gasteiger partial charge in [-0.3, -0.25) is 4.79 Å². The number of unbranched alkanes of at least 4 members (excludes halogenated alkanes) is 1. The van der Waals surface area contributed by atoms with Gasteiger partial charge in [0.1, 0.15) is 0 Å². The Balaban J connectivity index is 0.00000242. The van der Waals surface area contributed by atoms with E-state index in [9.17, 15) is 4.79 Å². The maximum absolute atomic E-state index is 12.1. The van der Waals surface area contributed by atoms with Crippen LogP contribution in [0, 0.1) is 5.92 Å². The third-order valence-electron chi connectivity index (χ3n) is 5.20. The second-order valence-electron chi connectivity index (χ2n) is 7.00. The molecule has 1 aliphatic carbocycles. The van der Waals surface area contributed by atoms with Crippen LogP contribution >= 0.6 is 24.8 Å². The van der Waals surface area contributed by atoms with Crippen molar-refractivity contribution in [1.82, 2.24) is 10.2 Å². The van der Waals surface area contributed by atoms with Crippen LogP contribution in [0.3, 0.4) is 0 Å². The standard InChI is InChI=1S/C17H33N3O.2ClH/c1-14-7-2-4-11-20(14)12-5-3-10-19-17(21)15-8-6-9-16(18)13-15;;/h14-16H,2-13,18H2,1H3,(H,19,21);2*1H. The molecule has 0 aromatic rings. The summed E-state index contributed by atoms with van der Waals surface area (Å²) in [7, 11) is 0. The molecular formula is C17H35Cl2N3O. The average molecular weight is 368 g/mol. The Morgan fingerprint density at radius 3 is 2.61 bits per heavy atom. The summed E-state index contributed by atoms with van der Waals surface area (Å²) in [6, 6.07) is 0.979. The van der Waals surface area contributed by atoms with Crippen molar-refractivity contribution in [2.24, 2.45) is 11.7 Å². The minimum atomic E-state index is 0. The Morgan fingerprint density at radius 1 is 1.13 bits per heavy atom. The number of nitrogens with zero attached hydrogens (tertiary/aromatic N) is 1. The molecule has 23 heavy (non-hydrogen) atoms. The van der Waals surface area contributed by atoms with Crippen molar-refractivity contribution in [2.75, 3.05) is 19.6 Å². The molecule has 0 bridgehead atoms. The second-order valence-corrected chi connectivity index (χ2v) is 7.00. The summed E-state index contributed by atoms with van der Waals surface area (Å²) < 4.78 is 0. The molecule has 0 radical (unpaired) electrons. The van der Waals surface area contributed by atoms with Gasteiger partial charge in [0.15, 0.2) is 0 Å². The summed E-state index contributed by atoms with van der Waals surface area (Å²) in [4.78, 5) is 14.7. The van der Waals surface area contributed by atoms with E-state index >= 15 is 0 Å². The molecule has 1 heterocycles. The van der Waals surface area contributed by atoms with Crippen LogP contribution in [0.25, 0.3) is 0 Å². The van der Waals surface area contributed by atoms with Crippen LogP contribution in [0.15, 0.2) is 0 Å². The van der Waals surface area contributed by atoms with Gasteiger partial charge in [-0.2, -0.15) is 0 Å². The van der Waals surface area contributed by atoms with E-state index in [-0.39, 0.29) is 42.7 Å². The van der Waals surface area contributed by atoms with Gasteiger partial charge in [-0.15, -0.1) is 24.8 Å². The molecule has 3 atom stereocenters. The Bertz CT molecular complexity index is 331. The highest BCUT2D eigenvalue weighted by Crippen LogP contribution is 2.23. The maximum Gasteiger partial charge on any atom is 0.223 e. The molecule has 2 fully saturated rings. The number of amides is 1. The maximum atomic E-state index is 12.1. The molecule has 138 valence electrons.